The van der Waals surface area contributed by atoms with Crippen LogP contribution in [0.2, 0.25) is 0 Å². The van der Waals surface area contributed by atoms with Gasteiger partial charge in [-0.3, -0.25) is 9.59 Å². The molecular weight excluding hydrogens is 470 g/mol. The fourth-order valence-electron chi connectivity index (χ4n) is 6.18. The van der Waals surface area contributed by atoms with Gasteiger partial charge < -0.3 is 25.7 Å². The van der Waals surface area contributed by atoms with Crippen LogP contribution in [0.4, 0.5) is 17.2 Å². The highest BCUT2D eigenvalue weighted by molar-refractivity contribution is 6.07. The van der Waals surface area contributed by atoms with Crippen molar-refractivity contribution in [1.29, 1.82) is 0 Å². The maximum Gasteiger partial charge on any atom is 0.247 e. The molecule has 2 aromatic heterocycles. The first kappa shape index (κ1) is 23.8. The first-order chi connectivity index (χ1) is 18.1. The average molecular weight is 504 g/mol. The van der Waals surface area contributed by atoms with Crippen molar-refractivity contribution in [3.63, 3.8) is 0 Å². The zero-order valence-electron chi connectivity index (χ0n) is 20.9. The summed E-state index contributed by atoms with van der Waals surface area (Å²) in [5, 5.41) is 9.61. The maximum absolute atomic E-state index is 13.8. The number of carbonyl (C=O) groups is 2. The van der Waals surface area contributed by atoms with Crippen molar-refractivity contribution in [2.45, 2.75) is 69.2 Å². The van der Waals surface area contributed by atoms with Crippen LogP contribution < -0.4 is 16.0 Å². The Hall–Kier alpha value is -3.53. The number of anilines is 3. The lowest BCUT2D eigenvalue weighted by atomic mass is 9.75. The molecule has 1 atom stereocenters. The minimum Gasteiger partial charge on any atom is -0.381 e. The Morgan fingerprint density at radius 3 is 2.65 bits per heavy atom. The molecule has 0 bridgehead atoms. The van der Waals surface area contributed by atoms with E-state index in [9.17, 15) is 9.59 Å². The van der Waals surface area contributed by atoms with Crippen molar-refractivity contribution in [2.75, 3.05) is 29.2 Å². The highest BCUT2D eigenvalue weighted by Crippen LogP contribution is 2.45. The first-order valence-electron chi connectivity index (χ1n) is 13.4. The Balaban J connectivity index is 1.26. The molecule has 10 nitrogen and oxygen atoms in total. The standard InChI is InChI=1S/C27H33N7O3/c35-25(32-18-8-9-19-20(14-18)33-26(36)27(19)10-12-37-13-11-27)21(17-6-4-2-1-3-5-7-17)34-24-22-23(29-15-28-22)30-16-31-24/h8-9,14-17,21H,1-7,10-13H2,(H,32,35)(H,33,36)(H2,28,29,30,31,34). The van der Waals surface area contributed by atoms with E-state index in [0.717, 1.165) is 36.9 Å². The molecule has 194 valence electrons. The first-order valence-corrected chi connectivity index (χ1v) is 13.4. The largest absolute Gasteiger partial charge is 0.381 e. The molecule has 1 aromatic carbocycles. The van der Waals surface area contributed by atoms with Gasteiger partial charge in [0.2, 0.25) is 11.8 Å². The molecule has 2 fully saturated rings. The summed E-state index contributed by atoms with van der Waals surface area (Å²) in [6.07, 6.45) is 12.2. The Bertz CT molecular complexity index is 1290. The minimum atomic E-state index is -0.526. The molecular formula is C27H33N7O3. The van der Waals surface area contributed by atoms with Gasteiger partial charge in [0.25, 0.3) is 0 Å². The molecule has 37 heavy (non-hydrogen) atoms. The van der Waals surface area contributed by atoms with Crippen LogP contribution in [0.5, 0.6) is 0 Å². The second-order valence-electron chi connectivity index (χ2n) is 10.4. The number of rotatable bonds is 5. The Morgan fingerprint density at radius 1 is 1.05 bits per heavy atom. The topological polar surface area (TPSA) is 134 Å². The van der Waals surface area contributed by atoms with Crippen LogP contribution >= 0.6 is 0 Å². The van der Waals surface area contributed by atoms with E-state index >= 15 is 0 Å². The smallest absolute Gasteiger partial charge is 0.247 e. The van der Waals surface area contributed by atoms with Gasteiger partial charge in [-0.2, -0.15) is 0 Å². The molecule has 1 saturated carbocycles. The predicted molar refractivity (Wildman–Crippen MR) is 140 cm³/mol. The van der Waals surface area contributed by atoms with Gasteiger partial charge in [-0.1, -0.05) is 38.2 Å². The van der Waals surface area contributed by atoms with Crippen LogP contribution in [0.3, 0.4) is 0 Å². The molecule has 3 aromatic rings. The summed E-state index contributed by atoms with van der Waals surface area (Å²) in [6.45, 7) is 1.15. The van der Waals surface area contributed by atoms with Crippen molar-refractivity contribution in [2.24, 2.45) is 5.92 Å². The van der Waals surface area contributed by atoms with E-state index in [1.54, 1.807) is 6.33 Å². The van der Waals surface area contributed by atoms with E-state index in [4.69, 9.17) is 4.74 Å². The van der Waals surface area contributed by atoms with E-state index in [-0.39, 0.29) is 17.7 Å². The predicted octanol–water partition coefficient (Wildman–Crippen LogP) is 4.13. The second-order valence-corrected chi connectivity index (χ2v) is 10.4. The fourth-order valence-corrected chi connectivity index (χ4v) is 6.18. The lowest BCUT2D eigenvalue weighted by Gasteiger charge is -2.31. The van der Waals surface area contributed by atoms with E-state index < -0.39 is 11.5 Å². The van der Waals surface area contributed by atoms with Gasteiger partial charge in [0.15, 0.2) is 11.5 Å². The molecule has 10 heteroatoms. The van der Waals surface area contributed by atoms with Crippen molar-refractivity contribution in [3.05, 3.63) is 36.4 Å². The lowest BCUT2D eigenvalue weighted by Crippen LogP contribution is -2.41. The van der Waals surface area contributed by atoms with Gasteiger partial charge in [-0.25, -0.2) is 15.0 Å². The number of amides is 2. The Kier molecular flexibility index (Phi) is 6.50. The summed E-state index contributed by atoms with van der Waals surface area (Å²) >= 11 is 0. The molecule has 0 radical (unpaired) electrons. The maximum atomic E-state index is 13.8. The molecule has 2 aliphatic heterocycles. The van der Waals surface area contributed by atoms with E-state index in [2.05, 4.69) is 35.9 Å². The molecule has 1 unspecified atom stereocenters. The molecule has 6 rings (SSSR count). The van der Waals surface area contributed by atoms with Gasteiger partial charge in [0, 0.05) is 24.6 Å². The number of hydrogen-bond acceptors (Lipinski definition) is 7. The second kappa shape index (κ2) is 10.1. The summed E-state index contributed by atoms with van der Waals surface area (Å²) in [5.74, 6) is 0.665. The lowest BCUT2D eigenvalue weighted by molar-refractivity contribution is -0.124. The molecule has 1 aliphatic carbocycles. The number of benzene rings is 1. The SMILES string of the molecule is O=C(Nc1ccc2c(c1)NC(=O)C21CCOCC1)C(Nc1ncnc2nc[nH]c12)C1CCCCCCC1. The van der Waals surface area contributed by atoms with Crippen LogP contribution in [0.1, 0.15) is 63.4 Å². The third kappa shape index (κ3) is 4.54. The zero-order chi connectivity index (χ0) is 25.2. The molecule has 3 aliphatic rings. The van der Waals surface area contributed by atoms with Crippen LogP contribution in [-0.2, 0) is 19.7 Å². The third-order valence-electron chi connectivity index (χ3n) is 8.25. The molecule has 1 saturated heterocycles. The van der Waals surface area contributed by atoms with Gasteiger partial charge in [0.05, 0.1) is 11.7 Å². The number of nitrogens with zero attached hydrogens (tertiary/aromatic N) is 3. The summed E-state index contributed by atoms with van der Waals surface area (Å²) < 4.78 is 5.51. The minimum absolute atomic E-state index is 0.0238. The van der Waals surface area contributed by atoms with E-state index in [1.165, 1.54) is 25.6 Å². The number of fused-ring (bicyclic) bond motifs is 3. The van der Waals surface area contributed by atoms with E-state index in [1.807, 2.05) is 18.2 Å². The number of aromatic nitrogens is 4. The Morgan fingerprint density at radius 2 is 1.84 bits per heavy atom. The highest BCUT2D eigenvalue weighted by Gasteiger charge is 2.47. The van der Waals surface area contributed by atoms with Crippen molar-refractivity contribution in [3.8, 4) is 0 Å². The number of aromatic amines is 1. The van der Waals surface area contributed by atoms with Gasteiger partial charge in [-0.15, -0.1) is 0 Å². The molecule has 4 N–H and O–H groups in total. The summed E-state index contributed by atoms with van der Waals surface area (Å²) in [5.41, 5.74) is 3.16. The normalized spacial score (nSPS) is 20.6. The third-order valence-corrected chi connectivity index (χ3v) is 8.25. The molecule has 2 amide bonds. The highest BCUT2D eigenvalue weighted by atomic mass is 16.5. The van der Waals surface area contributed by atoms with E-state index in [0.29, 0.717) is 48.7 Å². The van der Waals surface area contributed by atoms with Crippen LogP contribution in [0, 0.1) is 5.92 Å². The monoisotopic (exact) mass is 503 g/mol. The Labute approximate surface area is 215 Å². The van der Waals surface area contributed by atoms with Crippen LogP contribution in [0.15, 0.2) is 30.9 Å². The number of H-pyrrole nitrogens is 1. The van der Waals surface area contributed by atoms with Gasteiger partial charge >= 0.3 is 0 Å². The average Bonchev–Trinajstić information content (AvgIpc) is 3.47. The van der Waals surface area contributed by atoms with Crippen LogP contribution in [-0.4, -0.2) is 51.0 Å². The number of imidazole rings is 1. The summed E-state index contributed by atoms with van der Waals surface area (Å²) in [7, 11) is 0. The fraction of sp³-hybridized carbons (Fsp3) is 0.519. The number of hydrogen-bond donors (Lipinski definition) is 4. The summed E-state index contributed by atoms with van der Waals surface area (Å²) in [4.78, 5) is 42.7. The quantitative estimate of drug-likeness (QED) is 0.411. The molecule has 1 spiro atoms. The summed E-state index contributed by atoms with van der Waals surface area (Å²) in [6, 6.07) is 5.29. The molecule has 4 heterocycles. The van der Waals surface area contributed by atoms with Crippen molar-refractivity contribution < 1.29 is 14.3 Å². The van der Waals surface area contributed by atoms with Gasteiger partial charge in [-0.05, 0) is 49.3 Å². The number of nitrogens with one attached hydrogen (secondary N) is 4. The van der Waals surface area contributed by atoms with Crippen molar-refractivity contribution >= 4 is 40.2 Å². The number of carbonyl (C=O) groups excluding carboxylic acids is 2. The van der Waals surface area contributed by atoms with Crippen molar-refractivity contribution in [1.82, 2.24) is 19.9 Å². The number of ether oxygens (including phenoxy) is 1. The van der Waals surface area contributed by atoms with Crippen LogP contribution in [0.25, 0.3) is 11.2 Å². The van der Waals surface area contributed by atoms with Gasteiger partial charge in [0.1, 0.15) is 17.9 Å². The zero-order valence-corrected chi connectivity index (χ0v) is 20.9.